The number of hydrogen-bond acceptors (Lipinski definition) is 6. The summed E-state index contributed by atoms with van der Waals surface area (Å²) in [6.07, 6.45) is 1.54. The van der Waals surface area contributed by atoms with Crippen LogP contribution >= 0.6 is 11.3 Å². The number of esters is 1. The van der Waals surface area contributed by atoms with Crippen LogP contribution in [0.4, 0.5) is 8.78 Å². The minimum absolute atomic E-state index is 0.160. The van der Waals surface area contributed by atoms with Crippen LogP contribution in [0, 0.1) is 17.6 Å². The predicted octanol–water partition coefficient (Wildman–Crippen LogP) is 2.00. The number of amidine groups is 1. The number of hydrogen-bond donors (Lipinski definition) is 1. The Hall–Kier alpha value is -2.68. The molecule has 130 valence electrons. The van der Waals surface area contributed by atoms with Crippen molar-refractivity contribution < 1.29 is 23.1 Å². The average molecular weight is 365 g/mol. The van der Waals surface area contributed by atoms with Gasteiger partial charge in [0.05, 0.1) is 7.11 Å². The zero-order valence-electron chi connectivity index (χ0n) is 13.2. The second-order valence-corrected chi connectivity index (χ2v) is 6.41. The summed E-state index contributed by atoms with van der Waals surface area (Å²) < 4.78 is 31.7. The van der Waals surface area contributed by atoms with Gasteiger partial charge in [-0.1, -0.05) is 6.07 Å². The Bertz CT molecular complexity index is 870. The van der Waals surface area contributed by atoms with Crippen LogP contribution < -0.4 is 5.32 Å². The Morgan fingerprint density at radius 1 is 1.36 bits per heavy atom. The number of ether oxygens (including phenoxy) is 1. The second-order valence-electron chi connectivity index (χ2n) is 5.52. The number of thiazole rings is 1. The number of aromatic nitrogens is 1. The maximum absolute atomic E-state index is 13.7. The van der Waals surface area contributed by atoms with Gasteiger partial charge < -0.3 is 10.1 Å². The van der Waals surface area contributed by atoms with Crippen molar-refractivity contribution in [2.45, 2.75) is 12.5 Å². The van der Waals surface area contributed by atoms with Gasteiger partial charge in [0.1, 0.15) is 5.54 Å². The quantitative estimate of drug-likeness (QED) is 0.666. The SMILES string of the molecule is COC(=O)C1C(=O)NC(c2nccs2)=NC1(C)c1ccc(F)c(F)c1. The fraction of sp³-hybridized carbons (Fsp3) is 0.250. The summed E-state index contributed by atoms with van der Waals surface area (Å²) in [5.41, 5.74) is -1.31. The van der Waals surface area contributed by atoms with Gasteiger partial charge in [-0.25, -0.2) is 13.8 Å². The van der Waals surface area contributed by atoms with E-state index >= 15 is 0 Å². The third-order valence-electron chi connectivity index (χ3n) is 3.99. The van der Waals surface area contributed by atoms with Crippen molar-refractivity contribution in [1.82, 2.24) is 10.3 Å². The van der Waals surface area contributed by atoms with E-state index in [4.69, 9.17) is 4.74 Å². The highest BCUT2D eigenvalue weighted by Gasteiger charge is 2.50. The predicted molar refractivity (Wildman–Crippen MR) is 86.0 cm³/mol. The van der Waals surface area contributed by atoms with E-state index in [0.29, 0.717) is 5.01 Å². The minimum Gasteiger partial charge on any atom is -0.468 e. The fourth-order valence-electron chi connectivity index (χ4n) is 2.71. The van der Waals surface area contributed by atoms with Gasteiger partial charge in [-0.3, -0.25) is 14.6 Å². The lowest BCUT2D eigenvalue weighted by molar-refractivity contribution is -0.153. The molecule has 0 bridgehead atoms. The monoisotopic (exact) mass is 365 g/mol. The summed E-state index contributed by atoms with van der Waals surface area (Å²) in [6, 6.07) is 3.14. The Morgan fingerprint density at radius 3 is 2.72 bits per heavy atom. The number of nitrogens with zero attached hydrogens (tertiary/aromatic N) is 2. The van der Waals surface area contributed by atoms with E-state index in [1.165, 1.54) is 30.5 Å². The van der Waals surface area contributed by atoms with Crippen molar-refractivity contribution in [3.8, 4) is 0 Å². The number of amides is 1. The summed E-state index contributed by atoms with van der Waals surface area (Å²) in [4.78, 5) is 33.3. The van der Waals surface area contributed by atoms with Crippen LogP contribution in [-0.4, -0.2) is 29.8 Å². The molecule has 25 heavy (non-hydrogen) atoms. The molecule has 2 heterocycles. The third-order valence-corrected chi connectivity index (χ3v) is 4.77. The molecule has 6 nitrogen and oxygen atoms in total. The highest BCUT2D eigenvalue weighted by molar-refractivity contribution is 7.11. The zero-order chi connectivity index (χ0) is 18.2. The van der Waals surface area contributed by atoms with Crippen molar-refractivity contribution >= 4 is 29.0 Å². The molecule has 1 aliphatic rings. The van der Waals surface area contributed by atoms with Gasteiger partial charge in [0, 0.05) is 11.6 Å². The number of methoxy groups -OCH3 is 1. The molecule has 0 radical (unpaired) electrons. The van der Waals surface area contributed by atoms with Gasteiger partial charge in [-0.2, -0.15) is 0 Å². The van der Waals surface area contributed by atoms with E-state index in [1.807, 2.05) is 0 Å². The number of aliphatic imine (C=N–C) groups is 1. The molecule has 0 saturated heterocycles. The first-order valence-corrected chi connectivity index (χ1v) is 8.08. The minimum atomic E-state index is -1.48. The largest absolute Gasteiger partial charge is 0.468 e. The van der Waals surface area contributed by atoms with E-state index in [9.17, 15) is 18.4 Å². The molecule has 0 saturated carbocycles. The Balaban J connectivity index is 2.20. The van der Waals surface area contributed by atoms with Crippen LogP contribution in [-0.2, 0) is 19.9 Å². The molecule has 1 aliphatic heterocycles. The van der Waals surface area contributed by atoms with Crippen molar-refractivity contribution in [3.05, 3.63) is 52.0 Å². The molecule has 3 rings (SSSR count). The van der Waals surface area contributed by atoms with Gasteiger partial charge in [0.15, 0.2) is 28.4 Å². The fourth-order valence-corrected chi connectivity index (χ4v) is 3.29. The molecule has 2 aromatic rings. The second kappa shape index (κ2) is 6.32. The van der Waals surface area contributed by atoms with E-state index in [2.05, 4.69) is 15.3 Å². The van der Waals surface area contributed by atoms with Crippen LogP contribution in [0.5, 0.6) is 0 Å². The number of rotatable bonds is 3. The summed E-state index contributed by atoms with van der Waals surface area (Å²) >= 11 is 1.24. The third kappa shape index (κ3) is 2.91. The normalized spacial score (nSPS) is 23.0. The maximum Gasteiger partial charge on any atom is 0.321 e. The lowest BCUT2D eigenvalue weighted by atomic mass is 9.78. The van der Waals surface area contributed by atoms with E-state index in [-0.39, 0.29) is 11.4 Å². The first kappa shape index (κ1) is 17.2. The molecule has 2 atom stereocenters. The molecule has 2 unspecified atom stereocenters. The van der Waals surface area contributed by atoms with Crippen molar-refractivity contribution in [3.63, 3.8) is 0 Å². The molecule has 0 spiro atoms. The first-order valence-electron chi connectivity index (χ1n) is 7.20. The molecule has 1 aromatic carbocycles. The molecular weight excluding hydrogens is 352 g/mol. The van der Waals surface area contributed by atoms with E-state index < -0.39 is 35.0 Å². The van der Waals surface area contributed by atoms with Crippen LogP contribution in [0.1, 0.15) is 17.5 Å². The molecule has 1 N–H and O–H groups in total. The molecule has 1 aromatic heterocycles. The highest BCUT2D eigenvalue weighted by atomic mass is 32.1. The Morgan fingerprint density at radius 2 is 2.12 bits per heavy atom. The summed E-state index contributed by atoms with van der Waals surface area (Å²) in [6.45, 7) is 1.49. The molecule has 9 heteroatoms. The van der Waals surface area contributed by atoms with Crippen molar-refractivity contribution in [2.75, 3.05) is 7.11 Å². The summed E-state index contributed by atoms with van der Waals surface area (Å²) in [5.74, 6) is -4.81. The number of nitrogens with one attached hydrogen (secondary N) is 1. The van der Waals surface area contributed by atoms with Crippen LogP contribution in [0.15, 0.2) is 34.8 Å². The van der Waals surface area contributed by atoms with E-state index in [1.54, 1.807) is 5.38 Å². The lowest BCUT2D eigenvalue weighted by Crippen LogP contribution is -2.54. The van der Waals surface area contributed by atoms with E-state index in [0.717, 1.165) is 19.2 Å². The smallest absolute Gasteiger partial charge is 0.321 e. The lowest BCUT2D eigenvalue weighted by Gasteiger charge is -2.36. The summed E-state index contributed by atoms with van der Waals surface area (Å²) in [7, 11) is 1.14. The topological polar surface area (TPSA) is 80.7 Å². The molecular formula is C16H13F2N3O3S. The highest BCUT2D eigenvalue weighted by Crippen LogP contribution is 2.38. The van der Waals surface area contributed by atoms with Crippen LogP contribution in [0.2, 0.25) is 0 Å². The summed E-state index contributed by atoms with van der Waals surface area (Å²) in [5, 5.41) is 4.66. The Labute approximate surface area is 145 Å². The molecule has 1 amide bonds. The molecule has 0 fully saturated rings. The molecule has 0 aliphatic carbocycles. The number of halogens is 2. The van der Waals surface area contributed by atoms with Crippen LogP contribution in [0.3, 0.4) is 0 Å². The van der Waals surface area contributed by atoms with Gasteiger partial charge in [0.2, 0.25) is 5.91 Å². The van der Waals surface area contributed by atoms with Crippen molar-refractivity contribution in [2.24, 2.45) is 10.9 Å². The Kier molecular flexibility index (Phi) is 4.34. The number of benzene rings is 1. The number of carbonyl (C=O) groups excluding carboxylic acids is 2. The standard InChI is InChI=1S/C16H13F2N3O3S/c1-16(8-3-4-9(17)10(18)7-8)11(15(23)24-2)13(22)20-12(21-16)14-19-5-6-25-14/h3-7,11H,1-2H3,(H,20,21,22). The zero-order valence-corrected chi connectivity index (χ0v) is 14.1. The van der Waals surface area contributed by atoms with Gasteiger partial charge in [-0.15, -0.1) is 11.3 Å². The maximum atomic E-state index is 13.7. The first-order chi connectivity index (χ1) is 11.9. The van der Waals surface area contributed by atoms with Gasteiger partial charge in [0.25, 0.3) is 0 Å². The van der Waals surface area contributed by atoms with Gasteiger partial charge in [-0.05, 0) is 24.6 Å². The van der Waals surface area contributed by atoms with Crippen LogP contribution in [0.25, 0.3) is 0 Å². The average Bonchev–Trinajstić information content (AvgIpc) is 3.11. The van der Waals surface area contributed by atoms with Crippen molar-refractivity contribution in [1.29, 1.82) is 0 Å². The number of carbonyl (C=O) groups is 2. The van der Waals surface area contributed by atoms with Gasteiger partial charge >= 0.3 is 5.97 Å².